The van der Waals surface area contributed by atoms with Gasteiger partial charge in [0.1, 0.15) is 6.04 Å². The van der Waals surface area contributed by atoms with Gasteiger partial charge in [0, 0.05) is 30.7 Å². The Morgan fingerprint density at radius 1 is 1.42 bits per heavy atom. The van der Waals surface area contributed by atoms with Crippen LogP contribution in [0.5, 0.6) is 0 Å². The lowest BCUT2D eigenvalue weighted by atomic mass is 9.99. The summed E-state index contributed by atoms with van der Waals surface area (Å²) in [7, 11) is 1.68. The standard InChI is InChI=1S/C17H19N3O3S/c1-10-18-16(23-19-10)14-7-11(22-2)8-20(14)17(21)13-9-24-15-6-4-3-5-12(13)15/h3-6,11,13-14H,7-9H2,1-2H3/t11-,13?,14+/m0/s1. The van der Waals surface area contributed by atoms with E-state index >= 15 is 0 Å². The summed E-state index contributed by atoms with van der Waals surface area (Å²) in [6.45, 7) is 2.34. The van der Waals surface area contributed by atoms with Gasteiger partial charge in [-0.25, -0.2) is 0 Å². The van der Waals surface area contributed by atoms with Crippen molar-refractivity contribution in [1.29, 1.82) is 0 Å². The smallest absolute Gasteiger partial charge is 0.249 e. The van der Waals surface area contributed by atoms with Crippen LogP contribution in [0.3, 0.4) is 0 Å². The maximum Gasteiger partial charge on any atom is 0.249 e. The van der Waals surface area contributed by atoms with Crippen LogP contribution in [0.15, 0.2) is 33.7 Å². The van der Waals surface area contributed by atoms with E-state index in [4.69, 9.17) is 9.26 Å². The average molecular weight is 345 g/mol. The Labute approximate surface area is 144 Å². The topological polar surface area (TPSA) is 68.5 Å². The summed E-state index contributed by atoms with van der Waals surface area (Å²) in [5, 5.41) is 3.87. The lowest BCUT2D eigenvalue weighted by Gasteiger charge is -2.25. The number of ether oxygens (including phenoxy) is 1. The van der Waals surface area contributed by atoms with Crippen LogP contribution in [-0.4, -0.2) is 46.5 Å². The molecule has 0 saturated carbocycles. The molecule has 0 aliphatic carbocycles. The van der Waals surface area contributed by atoms with E-state index in [1.165, 1.54) is 4.90 Å². The van der Waals surface area contributed by atoms with E-state index in [1.807, 2.05) is 23.1 Å². The molecule has 1 aromatic carbocycles. The summed E-state index contributed by atoms with van der Waals surface area (Å²) in [4.78, 5) is 20.6. The first-order valence-electron chi connectivity index (χ1n) is 8.02. The number of aryl methyl sites for hydroxylation is 1. The van der Waals surface area contributed by atoms with Gasteiger partial charge in [-0.05, 0) is 18.6 Å². The summed E-state index contributed by atoms with van der Waals surface area (Å²) < 4.78 is 10.8. The summed E-state index contributed by atoms with van der Waals surface area (Å²) in [6, 6.07) is 7.92. The first kappa shape index (κ1) is 15.7. The molecule has 1 amide bonds. The molecule has 0 radical (unpaired) electrons. The Morgan fingerprint density at radius 2 is 2.25 bits per heavy atom. The van der Waals surface area contributed by atoms with Crippen molar-refractivity contribution in [3.63, 3.8) is 0 Å². The summed E-state index contributed by atoms with van der Waals surface area (Å²) in [5.74, 6) is 1.86. The molecule has 24 heavy (non-hydrogen) atoms. The highest BCUT2D eigenvalue weighted by atomic mass is 32.2. The van der Waals surface area contributed by atoms with E-state index in [0.29, 0.717) is 24.7 Å². The Morgan fingerprint density at radius 3 is 3.00 bits per heavy atom. The number of benzene rings is 1. The van der Waals surface area contributed by atoms with Gasteiger partial charge in [0.15, 0.2) is 5.82 Å². The van der Waals surface area contributed by atoms with Crippen molar-refractivity contribution in [1.82, 2.24) is 15.0 Å². The van der Waals surface area contributed by atoms with Gasteiger partial charge in [-0.15, -0.1) is 11.8 Å². The molecule has 7 heteroatoms. The molecule has 1 saturated heterocycles. The van der Waals surface area contributed by atoms with Crippen LogP contribution in [0.1, 0.15) is 35.7 Å². The molecule has 4 rings (SSSR count). The predicted octanol–water partition coefficient (Wildman–Crippen LogP) is 2.56. The number of amides is 1. The highest BCUT2D eigenvalue weighted by Gasteiger charge is 2.43. The van der Waals surface area contributed by atoms with Gasteiger partial charge < -0.3 is 14.2 Å². The van der Waals surface area contributed by atoms with E-state index < -0.39 is 0 Å². The number of carbonyl (C=O) groups excluding carboxylic acids is 1. The molecule has 0 bridgehead atoms. The predicted molar refractivity (Wildman–Crippen MR) is 88.8 cm³/mol. The van der Waals surface area contributed by atoms with E-state index in [0.717, 1.165) is 11.3 Å². The number of likely N-dealkylation sites (tertiary alicyclic amines) is 1. The number of hydrogen-bond donors (Lipinski definition) is 0. The normalized spacial score (nSPS) is 25.9. The molecule has 126 valence electrons. The molecule has 0 N–H and O–H groups in total. The lowest BCUT2D eigenvalue weighted by molar-refractivity contribution is -0.134. The Bertz CT molecular complexity index is 763. The van der Waals surface area contributed by atoms with Gasteiger partial charge in [-0.2, -0.15) is 4.98 Å². The second-order valence-electron chi connectivity index (χ2n) is 6.18. The van der Waals surface area contributed by atoms with Crippen LogP contribution in [0.25, 0.3) is 0 Å². The molecule has 2 aliphatic rings. The maximum absolute atomic E-state index is 13.2. The molecule has 0 spiro atoms. The van der Waals surface area contributed by atoms with Crippen molar-refractivity contribution >= 4 is 17.7 Å². The van der Waals surface area contributed by atoms with Crippen molar-refractivity contribution in [2.24, 2.45) is 0 Å². The van der Waals surface area contributed by atoms with Gasteiger partial charge in [0.05, 0.1) is 12.0 Å². The molecule has 1 fully saturated rings. The number of aromatic nitrogens is 2. The van der Waals surface area contributed by atoms with Crippen molar-refractivity contribution in [3.05, 3.63) is 41.5 Å². The van der Waals surface area contributed by atoms with Gasteiger partial charge in [-0.3, -0.25) is 4.79 Å². The van der Waals surface area contributed by atoms with Crippen molar-refractivity contribution in [3.8, 4) is 0 Å². The van der Waals surface area contributed by atoms with Crippen molar-refractivity contribution in [2.75, 3.05) is 19.4 Å². The number of rotatable bonds is 3. The Hall–Kier alpha value is -1.86. The minimum atomic E-state index is -0.207. The number of fused-ring (bicyclic) bond motifs is 1. The van der Waals surface area contributed by atoms with Gasteiger partial charge >= 0.3 is 0 Å². The molecule has 2 aliphatic heterocycles. The zero-order chi connectivity index (χ0) is 16.7. The Balaban J connectivity index is 1.62. The number of nitrogens with zero attached hydrogens (tertiary/aromatic N) is 3. The lowest BCUT2D eigenvalue weighted by Crippen LogP contribution is -2.36. The first-order chi connectivity index (χ1) is 11.7. The maximum atomic E-state index is 13.2. The van der Waals surface area contributed by atoms with Crippen molar-refractivity contribution in [2.45, 2.75) is 36.3 Å². The third kappa shape index (κ3) is 2.61. The van der Waals surface area contributed by atoms with Crippen molar-refractivity contribution < 1.29 is 14.1 Å². The number of thioether (sulfide) groups is 1. The first-order valence-corrected chi connectivity index (χ1v) is 9.01. The third-order valence-electron chi connectivity index (χ3n) is 4.71. The van der Waals surface area contributed by atoms with E-state index in [9.17, 15) is 4.79 Å². The van der Waals surface area contributed by atoms with E-state index in [-0.39, 0.29) is 24.0 Å². The zero-order valence-electron chi connectivity index (χ0n) is 13.6. The monoisotopic (exact) mass is 345 g/mol. The zero-order valence-corrected chi connectivity index (χ0v) is 14.5. The molecular weight excluding hydrogens is 326 g/mol. The minimum absolute atomic E-state index is 0.00421. The second-order valence-corrected chi connectivity index (χ2v) is 7.24. The quantitative estimate of drug-likeness (QED) is 0.852. The van der Waals surface area contributed by atoms with Crippen LogP contribution in [0, 0.1) is 6.92 Å². The van der Waals surface area contributed by atoms with Crippen LogP contribution in [0.4, 0.5) is 0 Å². The molecular formula is C17H19N3O3S. The molecule has 6 nitrogen and oxygen atoms in total. The number of carbonyl (C=O) groups is 1. The van der Waals surface area contributed by atoms with E-state index in [1.54, 1.807) is 25.8 Å². The van der Waals surface area contributed by atoms with E-state index in [2.05, 4.69) is 16.2 Å². The molecule has 2 aromatic rings. The van der Waals surface area contributed by atoms with Gasteiger partial charge in [-0.1, -0.05) is 23.4 Å². The highest BCUT2D eigenvalue weighted by Crippen LogP contribution is 2.43. The third-order valence-corrected chi connectivity index (χ3v) is 5.89. The highest BCUT2D eigenvalue weighted by molar-refractivity contribution is 7.99. The molecule has 1 aromatic heterocycles. The molecule has 3 atom stereocenters. The summed E-state index contributed by atoms with van der Waals surface area (Å²) in [5.41, 5.74) is 1.12. The van der Waals surface area contributed by atoms with Crippen LogP contribution < -0.4 is 0 Å². The largest absolute Gasteiger partial charge is 0.380 e. The van der Waals surface area contributed by atoms with Gasteiger partial charge in [0.2, 0.25) is 11.8 Å². The van der Waals surface area contributed by atoms with Crippen LogP contribution in [0.2, 0.25) is 0 Å². The Kier molecular flexibility index (Phi) is 4.05. The summed E-state index contributed by atoms with van der Waals surface area (Å²) in [6.07, 6.45) is 0.682. The summed E-state index contributed by atoms with van der Waals surface area (Å²) >= 11 is 1.74. The number of hydrogen-bond acceptors (Lipinski definition) is 6. The van der Waals surface area contributed by atoms with Gasteiger partial charge in [0.25, 0.3) is 0 Å². The fourth-order valence-corrected chi connectivity index (χ4v) is 4.68. The fourth-order valence-electron chi connectivity index (χ4n) is 3.46. The fraction of sp³-hybridized carbons (Fsp3) is 0.471. The molecule has 1 unspecified atom stereocenters. The van der Waals surface area contributed by atoms with Crippen LogP contribution >= 0.6 is 11.8 Å². The second kappa shape index (κ2) is 6.22. The minimum Gasteiger partial charge on any atom is -0.380 e. The number of methoxy groups -OCH3 is 1. The SMILES string of the molecule is CO[C@H]1C[C@H](c2nc(C)no2)N(C(=O)C2CSc3ccccc32)C1. The van der Waals surface area contributed by atoms with Crippen LogP contribution in [-0.2, 0) is 9.53 Å². The molecule has 3 heterocycles. The average Bonchev–Trinajstić information content (AvgIpc) is 3.31.